The van der Waals surface area contributed by atoms with Crippen LogP contribution >= 0.6 is 0 Å². The summed E-state index contributed by atoms with van der Waals surface area (Å²) in [5.41, 5.74) is 5.82. The second-order valence-electron chi connectivity index (χ2n) is 9.97. The lowest BCUT2D eigenvalue weighted by atomic mass is 9.71. The zero-order chi connectivity index (χ0) is 24.2. The van der Waals surface area contributed by atoms with Gasteiger partial charge in [-0.15, -0.1) is 0 Å². The molecule has 33 heavy (non-hydrogen) atoms. The SMILES string of the molecule is CC(=O)OC1OC(=O)C=C1C1CC=C(CC/C=C(\C)CCC2=C(C)CCCC2(C)C)C(=O)O1. The third-order valence-electron chi connectivity index (χ3n) is 6.88. The minimum atomic E-state index is -1.12. The Kier molecular flexibility index (Phi) is 7.98. The second kappa shape index (κ2) is 10.5. The number of hydrogen-bond acceptors (Lipinski definition) is 6. The molecule has 0 aromatic rings. The number of cyclic esters (lactones) is 2. The van der Waals surface area contributed by atoms with Crippen LogP contribution < -0.4 is 0 Å². The monoisotopic (exact) mass is 456 g/mol. The first-order valence-electron chi connectivity index (χ1n) is 11.9. The quantitative estimate of drug-likeness (QED) is 0.348. The van der Waals surface area contributed by atoms with Gasteiger partial charge < -0.3 is 14.2 Å². The highest BCUT2D eigenvalue weighted by molar-refractivity contribution is 5.90. The molecule has 0 aromatic heterocycles. The number of ether oxygens (including phenoxy) is 3. The van der Waals surface area contributed by atoms with E-state index in [-0.39, 0.29) is 0 Å². The summed E-state index contributed by atoms with van der Waals surface area (Å²) in [4.78, 5) is 35.3. The van der Waals surface area contributed by atoms with Gasteiger partial charge in [-0.1, -0.05) is 42.7 Å². The molecule has 0 fully saturated rings. The molecule has 2 heterocycles. The van der Waals surface area contributed by atoms with E-state index in [0.717, 1.165) is 19.3 Å². The molecular weight excluding hydrogens is 420 g/mol. The van der Waals surface area contributed by atoms with Gasteiger partial charge in [0.1, 0.15) is 6.10 Å². The molecule has 2 unspecified atom stereocenters. The number of hydrogen-bond donors (Lipinski definition) is 0. The van der Waals surface area contributed by atoms with Crippen molar-refractivity contribution < 1.29 is 28.6 Å². The number of carbonyl (C=O) groups is 3. The first-order chi connectivity index (χ1) is 15.6. The Morgan fingerprint density at radius 1 is 1.21 bits per heavy atom. The van der Waals surface area contributed by atoms with Crippen molar-refractivity contribution in [3.8, 4) is 0 Å². The molecule has 0 saturated carbocycles. The Bertz CT molecular complexity index is 930. The minimum absolute atomic E-state index is 0.300. The molecular formula is C27H36O6. The van der Waals surface area contributed by atoms with Crippen LogP contribution in [0.15, 0.2) is 46.1 Å². The van der Waals surface area contributed by atoms with Crippen LogP contribution in [0.4, 0.5) is 0 Å². The summed E-state index contributed by atoms with van der Waals surface area (Å²) in [7, 11) is 0. The van der Waals surface area contributed by atoms with Gasteiger partial charge in [0.2, 0.25) is 0 Å². The lowest BCUT2D eigenvalue weighted by Gasteiger charge is -2.35. The van der Waals surface area contributed by atoms with E-state index >= 15 is 0 Å². The van der Waals surface area contributed by atoms with Crippen LogP contribution in [0.25, 0.3) is 0 Å². The van der Waals surface area contributed by atoms with E-state index in [9.17, 15) is 14.4 Å². The standard InChI is InChI=1S/C27H36O6/c1-17(11-13-22-18(2)9-7-15-27(22,4)5)8-6-10-20-12-14-23(32-25(20)30)21-16-24(29)33-26(21)31-19(3)28/h8,12,16,23,26H,6-7,9-11,13-15H2,1-5H3/b17-8+. The lowest BCUT2D eigenvalue weighted by molar-refractivity contribution is -0.174. The first-order valence-corrected chi connectivity index (χ1v) is 11.9. The molecule has 2 aliphatic heterocycles. The maximum Gasteiger partial charge on any atom is 0.334 e. The summed E-state index contributed by atoms with van der Waals surface area (Å²) in [5.74, 6) is -1.58. The molecule has 3 aliphatic rings. The highest BCUT2D eigenvalue weighted by Crippen LogP contribution is 2.42. The van der Waals surface area contributed by atoms with Crippen molar-refractivity contribution in [2.75, 3.05) is 0 Å². The first kappa shape index (κ1) is 25.0. The van der Waals surface area contributed by atoms with E-state index in [1.807, 2.05) is 6.08 Å². The molecule has 0 N–H and O–H groups in total. The topological polar surface area (TPSA) is 78.9 Å². The lowest BCUT2D eigenvalue weighted by Crippen LogP contribution is -2.31. The molecule has 180 valence electrons. The van der Waals surface area contributed by atoms with Crippen LogP contribution in [0.5, 0.6) is 0 Å². The molecule has 3 rings (SSSR count). The third kappa shape index (κ3) is 6.46. The largest absolute Gasteiger partial charge is 0.454 e. The molecule has 0 radical (unpaired) electrons. The summed E-state index contributed by atoms with van der Waals surface area (Å²) in [6, 6.07) is 0. The van der Waals surface area contributed by atoms with Crippen molar-refractivity contribution in [1.29, 1.82) is 0 Å². The van der Waals surface area contributed by atoms with Crippen LogP contribution in [0.1, 0.15) is 86.0 Å². The van der Waals surface area contributed by atoms with E-state index in [4.69, 9.17) is 14.2 Å². The summed E-state index contributed by atoms with van der Waals surface area (Å²) >= 11 is 0. The molecule has 6 nitrogen and oxygen atoms in total. The van der Waals surface area contributed by atoms with Crippen molar-refractivity contribution in [2.45, 2.75) is 98.4 Å². The van der Waals surface area contributed by atoms with E-state index in [1.54, 1.807) is 11.1 Å². The smallest absolute Gasteiger partial charge is 0.334 e. The predicted molar refractivity (Wildman–Crippen MR) is 125 cm³/mol. The maximum absolute atomic E-state index is 12.5. The zero-order valence-electron chi connectivity index (χ0n) is 20.5. The predicted octanol–water partition coefficient (Wildman–Crippen LogP) is 5.63. The van der Waals surface area contributed by atoms with Gasteiger partial charge in [0.05, 0.1) is 5.57 Å². The Morgan fingerprint density at radius 3 is 2.64 bits per heavy atom. The molecule has 0 aromatic carbocycles. The van der Waals surface area contributed by atoms with Crippen LogP contribution in [-0.2, 0) is 28.6 Å². The second-order valence-corrected chi connectivity index (χ2v) is 9.97. The number of rotatable bonds is 8. The average molecular weight is 457 g/mol. The van der Waals surface area contributed by atoms with Crippen LogP contribution in [0.2, 0.25) is 0 Å². The van der Waals surface area contributed by atoms with Crippen molar-refractivity contribution in [2.24, 2.45) is 5.41 Å². The molecule has 1 aliphatic carbocycles. The van der Waals surface area contributed by atoms with Crippen LogP contribution in [0.3, 0.4) is 0 Å². The summed E-state index contributed by atoms with van der Waals surface area (Å²) in [5, 5.41) is 0. The molecule has 0 spiro atoms. The van der Waals surface area contributed by atoms with E-state index in [0.29, 0.717) is 29.4 Å². The van der Waals surface area contributed by atoms with Crippen LogP contribution in [0, 0.1) is 5.41 Å². The fourth-order valence-electron chi connectivity index (χ4n) is 5.02. The van der Waals surface area contributed by atoms with Gasteiger partial charge in [-0.05, 0) is 64.2 Å². The van der Waals surface area contributed by atoms with Crippen molar-refractivity contribution in [3.63, 3.8) is 0 Å². The Morgan fingerprint density at radius 2 is 1.97 bits per heavy atom. The average Bonchev–Trinajstić information content (AvgIpc) is 3.07. The summed E-state index contributed by atoms with van der Waals surface area (Å²) < 4.78 is 15.5. The van der Waals surface area contributed by atoms with Gasteiger partial charge >= 0.3 is 17.9 Å². The van der Waals surface area contributed by atoms with Gasteiger partial charge in [0, 0.05) is 25.0 Å². The number of carbonyl (C=O) groups excluding carboxylic acids is 3. The Hall–Kier alpha value is -2.63. The highest BCUT2D eigenvalue weighted by Gasteiger charge is 2.37. The fraction of sp³-hybridized carbons (Fsp3) is 0.593. The number of esters is 3. The van der Waals surface area contributed by atoms with Gasteiger partial charge in [0.15, 0.2) is 0 Å². The molecule has 0 amide bonds. The van der Waals surface area contributed by atoms with Crippen molar-refractivity contribution >= 4 is 17.9 Å². The van der Waals surface area contributed by atoms with E-state index < -0.39 is 30.3 Å². The summed E-state index contributed by atoms with van der Waals surface area (Å²) in [6.45, 7) is 10.4. The highest BCUT2D eigenvalue weighted by atomic mass is 16.7. The maximum atomic E-state index is 12.5. The summed E-state index contributed by atoms with van der Waals surface area (Å²) in [6.07, 6.45) is 11.2. The molecule has 0 bridgehead atoms. The minimum Gasteiger partial charge on any atom is -0.454 e. The molecule has 2 atom stereocenters. The zero-order valence-corrected chi connectivity index (χ0v) is 20.5. The third-order valence-corrected chi connectivity index (χ3v) is 6.88. The van der Waals surface area contributed by atoms with Gasteiger partial charge in [-0.25, -0.2) is 9.59 Å². The molecule has 0 saturated heterocycles. The Balaban J connectivity index is 1.52. The van der Waals surface area contributed by atoms with Crippen LogP contribution in [-0.4, -0.2) is 30.3 Å². The van der Waals surface area contributed by atoms with Gasteiger partial charge in [-0.3, -0.25) is 4.79 Å². The fourth-order valence-corrected chi connectivity index (χ4v) is 5.02. The normalized spacial score (nSPS) is 25.3. The molecule has 6 heteroatoms. The van der Waals surface area contributed by atoms with E-state index in [2.05, 4.69) is 33.8 Å². The number of allylic oxidation sites excluding steroid dienone is 4. The van der Waals surface area contributed by atoms with Crippen molar-refractivity contribution in [1.82, 2.24) is 0 Å². The van der Waals surface area contributed by atoms with Gasteiger partial charge in [-0.2, -0.15) is 0 Å². The van der Waals surface area contributed by atoms with E-state index in [1.165, 1.54) is 37.8 Å². The van der Waals surface area contributed by atoms with Crippen molar-refractivity contribution in [3.05, 3.63) is 46.1 Å². The van der Waals surface area contributed by atoms with Gasteiger partial charge in [0.25, 0.3) is 6.29 Å². The Labute approximate surface area is 196 Å².